The van der Waals surface area contributed by atoms with Crippen LogP contribution in [0.15, 0.2) is 0 Å². The minimum Gasteiger partial charge on any atom is -0.296 e. The largest absolute Gasteiger partial charge is 0.296 e. The molecule has 1 aliphatic rings. The van der Waals surface area contributed by atoms with E-state index >= 15 is 0 Å². The van der Waals surface area contributed by atoms with Gasteiger partial charge in [0, 0.05) is 18.1 Å². The molecular formula is C24H49N. The van der Waals surface area contributed by atoms with Crippen LogP contribution in [-0.2, 0) is 0 Å². The minimum atomic E-state index is 0.498. The topological polar surface area (TPSA) is 3.24 Å². The quantitative estimate of drug-likeness (QED) is 0.462. The average molecular weight is 352 g/mol. The van der Waals surface area contributed by atoms with Gasteiger partial charge in [-0.1, -0.05) is 67.2 Å². The molecule has 0 aliphatic carbocycles. The third-order valence-corrected chi connectivity index (χ3v) is 7.86. The van der Waals surface area contributed by atoms with Crippen LogP contribution in [0.1, 0.15) is 108 Å². The Morgan fingerprint density at radius 2 is 1.12 bits per heavy atom. The predicted molar refractivity (Wildman–Crippen MR) is 114 cm³/mol. The van der Waals surface area contributed by atoms with Gasteiger partial charge in [0.2, 0.25) is 0 Å². The third-order valence-electron chi connectivity index (χ3n) is 7.86. The van der Waals surface area contributed by atoms with Gasteiger partial charge in [0.15, 0.2) is 0 Å². The maximum Gasteiger partial charge on any atom is 0.00751 e. The summed E-state index contributed by atoms with van der Waals surface area (Å²) in [5.41, 5.74) is 0.498. The Labute approximate surface area is 160 Å². The number of likely N-dealkylation sites (tertiary alicyclic amines) is 1. The van der Waals surface area contributed by atoms with Crippen molar-refractivity contribution < 1.29 is 0 Å². The van der Waals surface area contributed by atoms with Crippen LogP contribution < -0.4 is 0 Å². The molecule has 1 heterocycles. The number of rotatable bonds is 7. The normalized spacial score (nSPS) is 37.6. The molecule has 1 nitrogen and oxygen atoms in total. The Balaban J connectivity index is 3.33. The van der Waals surface area contributed by atoms with Crippen LogP contribution in [0, 0.1) is 29.1 Å². The fourth-order valence-electron chi connectivity index (χ4n) is 7.41. The van der Waals surface area contributed by atoms with E-state index in [-0.39, 0.29) is 0 Å². The summed E-state index contributed by atoms with van der Waals surface area (Å²) in [6.07, 6.45) is 8.14. The Morgan fingerprint density at radius 3 is 1.40 bits per heavy atom. The second-order valence-electron chi connectivity index (χ2n) is 9.89. The van der Waals surface area contributed by atoms with Crippen molar-refractivity contribution >= 4 is 0 Å². The zero-order valence-electron chi connectivity index (χ0n) is 19.2. The maximum atomic E-state index is 2.80. The molecule has 0 aromatic heterocycles. The van der Waals surface area contributed by atoms with Crippen molar-refractivity contribution in [2.45, 2.75) is 126 Å². The Bertz CT molecular complexity index is 342. The summed E-state index contributed by atoms with van der Waals surface area (Å²) < 4.78 is 0. The first-order valence-corrected chi connectivity index (χ1v) is 11.4. The highest BCUT2D eigenvalue weighted by Gasteiger charge is 2.50. The van der Waals surface area contributed by atoms with Crippen LogP contribution in [0.3, 0.4) is 0 Å². The summed E-state index contributed by atoms with van der Waals surface area (Å²) in [7, 11) is 0. The van der Waals surface area contributed by atoms with Gasteiger partial charge in [-0.05, 0) is 69.6 Å². The van der Waals surface area contributed by atoms with E-state index in [9.17, 15) is 0 Å². The van der Waals surface area contributed by atoms with Crippen LogP contribution in [-0.4, -0.2) is 23.0 Å². The fourth-order valence-corrected chi connectivity index (χ4v) is 7.41. The van der Waals surface area contributed by atoms with Gasteiger partial charge < -0.3 is 0 Å². The SMILES string of the molecule is CCCC(C)C1(C(C)CCC)C(C)CC(C)N(C(C)C)C(C)CC1C. The maximum absolute atomic E-state index is 2.80. The third kappa shape index (κ3) is 4.63. The fraction of sp³-hybridized carbons (Fsp3) is 1.00. The number of hydrogen-bond donors (Lipinski definition) is 0. The van der Waals surface area contributed by atoms with Gasteiger partial charge in [-0.15, -0.1) is 0 Å². The van der Waals surface area contributed by atoms with Crippen molar-refractivity contribution in [3.05, 3.63) is 0 Å². The van der Waals surface area contributed by atoms with Crippen molar-refractivity contribution in [2.75, 3.05) is 0 Å². The molecule has 0 amide bonds. The van der Waals surface area contributed by atoms with Gasteiger partial charge in [0.25, 0.3) is 0 Å². The second-order valence-corrected chi connectivity index (χ2v) is 9.89. The molecule has 0 aromatic carbocycles. The van der Waals surface area contributed by atoms with Crippen molar-refractivity contribution in [3.8, 4) is 0 Å². The van der Waals surface area contributed by atoms with Gasteiger partial charge in [0.05, 0.1) is 0 Å². The van der Waals surface area contributed by atoms with Crippen molar-refractivity contribution in [2.24, 2.45) is 29.1 Å². The summed E-state index contributed by atoms with van der Waals surface area (Å²) in [4.78, 5) is 2.80. The lowest BCUT2D eigenvalue weighted by Crippen LogP contribution is -2.55. The molecule has 1 fully saturated rings. The van der Waals surface area contributed by atoms with E-state index in [0.29, 0.717) is 23.5 Å². The molecule has 0 saturated carbocycles. The lowest BCUT2D eigenvalue weighted by atomic mass is 9.51. The van der Waals surface area contributed by atoms with Gasteiger partial charge in [-0.2, -0.15) is 0 Å². The zero-order chi connectivity index (χ0) is 19.4. The molecule has 6 atom stereocenters. The van der Waals surface area contributed by atoms with Gasteiger partial charge in [-0.3, -0.25) is 4.90 Å². The van der Waals surface area contributed by atoms with E-state index in [0.717, 1.165) is 23.7 Å². The molecule has 1 heteroatoms. The summed E-state index contributed by atoms with van der Waals surface area (Å²) in [5, 5.41) is 0. The van der Waals surface area contributed by atoms with Crippen LogP contribution >= 0.6 is 0 Å². The van der Waals surface area contributed by atoms with Crippen molar-refractivity contribution in [1.82, 2.24) is 4.90 Å². The smallest absolute Gasteiger partial charge is 0.00751 e. The lowest BCUT2D eigenvalue weighted by molar-refractivity contribution is -0.0845. The average Bonchev–Trinajstić information content (AvgIpc) is 2.46. The van der Waals surface area contributed by atoms with E-state index in [1.807, 2.05) is 0 Å². The van der Waals surface area contributed by atoms with Gasteiger partial charge in [-0.25, -0.2) is 0 Å². The molecule has 150 valence electrons. The van der Waals surface area contributed by atoms with Crippen LogP contribution in [0.5, 0.6) is 0 Å². The summed E-state index contributed by atoms with van der Waals surface area (Å²) in [6, 6.07) is 2.04. The highest BCUT2D eigenvalue weighted by molar-refractivity contribution is 5.00. The molecule has 1 aliphatic heterocycles. The van der Waals surface area contributed by atoms with Crippen LogP contribution in [0.2, 0.25) is 0 Å². The second kappa shape index (κ2) is 9.77. The first-order chi connectivity index (χ1) is 11.6. The molecule has 0 N–H and O–H groups in total. The van der Waals surface area contributed by atoms with E-state index in [4.69, 9.17) is 0 Å². The van der Waals surface area contributed by atoms with Gasteiger partial charge >= 0.3 is 0 Å². The van der Waals surface area contributed by atoms with E-state index in [1.54, 1.807) is 0 Å². The first kappa shape index (κ1) is 23.0. The summed E-state index contributed by atoms with van der Waals surface area (Å²) in [5.74, 6) is 3.26. The highest BCUT2D eigenvalue weighted by Crippen LogP contribution is 2.56. The Morgan fingerprint density at radius 1 is 0.760 bits per heavy atom. The Kier molecular flexibility index (Phi) is 8.99. The molecule has 6 unspecified atom stereocenters. The highest BCUT2D eigenvalue weighted by atomic mass is 15.2. The number of nitrogens with zero attached hydrogens (tertiary/aromatic N) is 1. The van der Waals surface area contributed by atoms with Crippen molar-refractivity contribution in [3.63, 3.8) is 0 Å². The minimum absolute atomic E-state index is 0.498. The van der Waals surface area contributed by atoms with Gasteiger partial charge in [0.1, 0.15) is 0 Å². The zero-order valence-corrected chi connectivity index (χ0v) is 19.2. The van der Waals surface area contributed by atoms with Crippen LogP contribution in [0.4, 0.5) is 0 Å². The molecule has 1 rings (SSSR count). The standard InChI is InChI=1S/C24H49N/c1-11-13-18(5)24(19(6)14-12-2)20(7)15-22(9)25(17(3)4)23(10)16-21(24)8/h17-23H,11-16H2,1-10H3. The molecule has 25 heavy (non-hydrogen) atoms. The molecular weight excluding hydrogens is 302 g/mol. The first-order valence-electron chi connectivity index (χ1n) is 11.4. The van der Waals surface area contributed by atoms with Crippen molar-refractivity contribution in [1.29, 1.82) is 0 Å². The molecule has 0 aromatic rings. The number of hydrogen-bond acceptors (Lipinski definition) is 1. The monoisotopic (exact) mass is 351 g/mol. The van der Waals surface area contributed by atoms with Crippen LogP contribution in [0.25, 0.3) is 0 Å². The summed E-state index contributed by atoms with van der Waals surface area (Å²) >= 11 is 0. The molecule has 0 spiro atoms. The van der Waals surface area contributed by atoms with E-state index < -0.39 is 0 Å². The molecule has 1 saturated heterocycles. The Hall–Kier alpha value is -0.0400. The predicted octanol–water partition coefficient (Wildman–Crippen LogP) is 7.40. The van der Waals surface area contributed by atoms with E-state index in [2.05, 4.69) is 74.1 Å². The summed E-state index contributed by atoms with van der Waals surface area (Å²) in [6.45, 7) is 24.9. The lowest BCUT2D eigenvalue weighted by Gasteiger charge is -2.57. The molecule has 0 bridgehead atoms. The molecule has 0 radical (unpaired) electrons. The van der Waals surface area contributed by atoms with E-state index in [1.165, 1.54) is 38.5 Å².